The topological polar surface area (TPSA) is 47.0 Å². The molecule has 0 atom stereocenters. The maximum Gasteiger partial charge on any atom is 0.219 e. The average Bonchev–Trinajstić information content (AvgIpc) is 2.42. The molecule has 0 aliphatic rings. The van der Waals surface area contributed by atoms with Gasteiger partial charge in [0.05, 0.1) is 16.2 Å². The van der Waals surface area contributed by atoms with Crippen molar-refractivity contribution < 1.29 is 4.74 Å². The van der Waals surface area contributed by atoms with Gasteiger partial charge in [0, 0.05) is 31.1 Å². The molecule has 0 fully saturated rings. The highest BCUT2D eigenvalue weighted by Crippen LogP contribution is 2.25. The minimum absolute atomic E-state index is 0.463. The second-order valence-electron chi connectivity index (χ2n) is 5.08. The zero-order valence-corrected chi connectivity index (χ0v) is 13.4. The van der Waals surface area contributed by atoms with Crippen LogP contribution < -0.4 is 10.1 Å². The van der Waals surface area contributed by atoms with E-state index in [1.165, 1.54) is 0 Å². The maximum absolute atomic E-state index is 6.15. The molecule has 0 aliphatic heterocycles. The molecule has 0 amide bonds. The summed E-state index contributed by atoms with van der Waals surface area (Å²) < 4.78 is 5.64. The number of nitrogens with one attached hydrogen (secondary N) is 1. The van der Waals surface area contributed by atoms with Crippen molar-refractivity contribution in [3.8, 4) is 11.6 Å². The zero-order chi connectivity index (χ0) is 15.2. The van der Waals surface area contributed by atoms with Crippen LogP contribution in [-0.4, -0.2) is 16.5 Å². The summed E-state index contributed by atoms with van der Waals surface area (Å²) in [5, 5.41) is 4.47. The highest BCUT2D eigenvalue weighted by molar-refractivity contribution is 6.31. The number of hydrogen-bond donors (Lipinski definition) is 1. The van der Waals surface area contributed by atoms with Crippen molar-refractivity contribution >= 4 is 23.2 Å². The first-order valence-electron chi connectivity index (χ1n) is 6.68. The molecular weight excluding hydrogens is 309 g/mol. The van der Waals surface area contributed by atoms with Crippen LogP contribution in [0.2, 0.25) is 10.0 Å². The molecule has 2 heterocycles. The van der Waals surface area contributed by atoms with Crippen molar-refractivity contribution in [1.82, 2.24) is 15.3 Å². The summed E-state index contributed by atoms with van der Waals surface area (Å²) in [5.41, 5.74) is 0.942. The van der Waals surface area contributed by atoms with Gasteiger partial charge in [-0.15, -0.1) is 0 Å². The summed E-state index contributed by atoms with van der Waals surface area (Å²) >= 11 is 12.0. The molecule has 0 saturated heterocycles. The normalized spacial score (nSPS) is 10.9. The zero-order valence-electron chi connectivity index (χ0n) is 11.9. The van der Waals surface area contributed by atoms with E-state index in [0.717, 1.165) is 12.1 Å². The van der Waals surface area contributed by atoms with E-state index in [1.807, 2.05) is 6.07 Å². The van der Waals surface area contributed by atoms with E-state index in [0.29, 0.717) is 34.1 Å². The second kappa shape index (κ2) is 7.59. The van der Waals surface area contributed by atoms with Crippen molar-refractivity contribution in [1.29, 1.82) is 0 Å². The van der Waals surface area contributed by atoms with E-state index in [1.54, 1.807) is 24.7 Å². The number of pyridine rings is 2. The fraction of sp³-hybridized carbons (Fsp3) is 0.333. The van der Waals surface area contributed by atoms with Gasteiger partial charge in [0.1, 0.15) is 5.75 Å². The number of hydrogen-bond acceptors (Lipinski definition) is 4. The Hall–Kier alpha value is -1.36. The Morgan fingerprint density at radius 1 is 1.19 bits per heavy atom. The summed E-state index contributed by atoms with van der Waals surface area (Å²) in [7, 11) is 0. The van der Waals surface area contributed by atoms with Gasteiger partial charge in [-0.3, -0.25) is 4.98 Å². The molecule has 21 heavy (non-hydrogen) atoms. The van der Waals surface area contributed by atoms with Crippen LogP contribution in [-0.2, 0) is 6.54 Å². The molecule has 2 aromatic rings. The highest BCUT2D eigenvalue weighted by atomic mass is 35.5. The minimum Gasteiger partial charge on any atom is -0.437 e. The third kappa shape index (κ3) is 5.16. The molecule has 1 N–H and O–H groups in total. The van der Waals surface area contributed by atoms with E-state index in [9.17, 15) is 0 Å². The first kappa shape index (κ1) is 16.0. The van der Waals surface area contributed by atoms with E-state index < -0.39 is 0 Å². The summed E-state index contributed by atoms with van der Waals surface area (Å²) in [5.74, 6) is 1.59. The maximum atomic E-state index is 6.15. The second-order valence-corrected chi connectivity index (χ2v) is 5.92. The Bertz CT molecular complexity index is 605. The standard InChI is InChI=1S/C15H17Cl2N3O/c1-10(2)5-18-6-11-3-15(20-9-14(11)17)21-13-4-12(16)7-19-8-13/h3-4,7-10,18H,5-6H2,1-2H3. The number of rotatable bonds is 6. The van der Waals surface area contributed by atoms with Crippen LogP contribution in [0.1, 0.15) is 19.4 Å². The quantitative estimate of drug-likeness (QED) is 0.859. The fourth-order valence-electron chi connectivity index (χ4n) is 1.71. The lowest BCUT2D eigenvalue weighted by molar-refractivity contribution is 0.459. The van der Waals surface area contributed by atoms with Crippen molar-refractivity contribution in [2.75, 3.05) is 6.54 Å². The molecule has 2 aromatic heterocycles. The van der Waals surface area contributed by atoms with Crippen LogP contribution in [0.15, 0.2) is 30.7 Å². The van der Waals surface area contributed by atoms with Crippen LogP contribution in [0.3, 0.4) is 0 Å². The van der Waals surface area contributed by atoms with Gasteiger partial charge in [0.25, 0.3) is 0 Å². The van der Waals surface area contributed by atoms with Crippen LogP contribution in [0, 0.1) is 5.92 Å². The lowest BCUT2D eigenvalue weighted by Crippen LogP contribution is -2.19. The van der Waals surface area contributed by atoms with Gasteiger partial charge in [-0.1, -0.05) is 37.0 Å². The van der Waals surface area contributed by atoms with Gasteiger partial charge < -0.3 is 10.1 Å². The first-order valence-corrected chi connectivity index (χ1v) is 7.43. The van der Waals surface area contributed by atoms with Crippen LogP contribution in [0.25, 0.3) is 0 Å². The molecule has 4 nitrogen and oxygen atoms in total. The molecule has 0 saturated carbocycles. The van der Waals surface area contributed by atoms with Crippen LogP contribution >= 0.6 is 23.2 Å². The van der Waals surface area contributed by atoms with Crippen LogP contribution in [0.4, 0.5) is 0 Å². The van der Waals surface area contributed by atoms with Crippen LogP contribution in [0.5, 0.6) is 11.6 Å². The molecule has 0 spiro atoms. The molecule has 2 rings (SSSR count). The first-order chi connectivity index (χ1) is 10.0. The Labute approximate surface area is 134 Å². The van der Waals surface area contributed by atoms with Gasteiger partial charge in [0.2, 0.25) is 5.88 Å². The van der Waals surface area contributed by atoms with E-state index in [4.69, 9.17) is 27.9 Å². The van der Waals surface area contributed by atoms with Crippen molar-refractivity contribution in [3.05, 3.63) is 46.3 Å². The average molecular weight is 326 g/mol. The lowest BCUT2D eigenvalue weighted by atomic mass is 10.2. The molecule has 6 heteroatoms. The summed E-state index contributed by atoms with van der Waals surface area (Å²) in [6.07, 6.45) is 4.71. The van der Waals surface area contributed by atoms with E-state index >= 15 is 0 Å². The van der Waals surface area contributed by atoms with E-state index in [-0.39, 0.29) is 0 Å². The molecule has 112 valence electrons. The third-order valence-electron chi connectivity index (χ3n) is 2.68. The lowest BCUT2D eigenvalue weighted by Gasteiger charge is -2.10. The van der Waals surface area contributed by atoms with Crippen molar-refractivity contribution in [2.24, 2.45) is 5.92 Å². The Kier molecular flexibility index (Phi) is 5.79. The monoisotopic (exact) mass is 325 g/mol. The molecule has 0 aromatic carbocycles. The smallest absolute Gasteiger partial charge is 0.219 e. The number of halogens is 2. The van der Waals surface area contributed by atoms with Gasteiger partial charge in [0.15, 0.2) is 0 Å². The molecule has 0 radical (unpaired) electrons. The van der Waals surface area contributed by atoms with Gasteiger partial charge in [-0.2, -0.15) is 0 Å². The number of nitrogens with zero attached hydrogens (tertiary/aromatic N) is 2. The largest absolute Gasteiger partial charge is 0.437 e. The highest BCUT2D eigenvalue weighted by Gasteiger charge is 2.06. The van der Waals surface area contributed by atoms with E-state index in [2.05, 4.69) is 29.1 Å². The van der Waals surface area contributed by atoms with Crippen molar-refractivity contribution in [3.63, 3.8) is 0 Å². The molecule has 0 unspecified atom stereocenters. The molecular formula is C15H17Cl2N3O. The Morgan fingerprint density at radius 3 is 2.71 bits per heavy atom. The Balaban J connectivity index is 2.07. The molecule has 0 bridgehead atoms. The molecule has 0 aliphatic carbocycles. The summed E-state index contributed by atoms with van der Waals surface area (Å²) in [6.45, 7) is 5.90. The van der Waals surface area contributed by atoms with Crippen molar-refractivity contribution in [2.45, 2.75) is 20.4 Å². The minimum atomic E-state index is 0.463. The predicted octanol–water partition coefficient (Wildman–Crippen LogP) is 4.32. The summed E-state index contributed by atoms with van der Waals surface area (Å²) in [6, 6.07) is 3.50. The fourth-order valence-corrected chi connectivity index (χ4v) is 2.05. The predicted molar refractivity (Wildman–Crippen MR) is 85.1 cm³/mol. The Morgan fingerprint density at radius 2 is 2.00 bits per heavy atom. The number of ether oxygens (including phenoxy) is 1. The number of aromatic nitrogens is 2. The van der Waals surface area contributed by atoms with Gasteiger partial charge in [-0.25, -0.2) is 4.98 Å². The van der Waals surface area contributed by atoms with Gasteiger partial charge >= 0.3 is 0 Å². The van der Waals surface area contributed by atoms with Gasteiger partial charge in [-0.05, 0) is 18.0 Å². The summed E-state index contributed by atoms with van der Waals surface area (Å²) in [4.78, 5) is 8.12. The SMILES string of the molecule is CC(C)CNCc1cc(Oc2cncc(Cl)c2)ncc1Cl. The third-order valence-corrected chi connectivity index (χ3v) is 3.23.